The summed E-state index contributed by atoms with van der Waals surface area (Å²) in [6.07, 6.45) is -5.30. The third kappa shape index (κ3) is 6.10. The van der Waals surface area contributed by atoms with Crippen LogP contribution in [0.1, 0.15) is 22.7 Å². The number of alkyl halides is 6. The van der Waals surface area contributed by atoms with Gasteiger partial charge in [-0.05, 0) is 61.3 Å². The van der Waals surface area contributed by atoms with Crippen LogP contribution in [0.25, 0.3) is 0 Å². The van der Waals surface area contributed by atoms with Gasteiger partial charge in [-0.15, -0.1) is 0 Å². The van der Waals surface area contributed by atoms with Crippen LogP contribution in [0.5, 0.6) is 0 Å². The number of nitrogens with zero attached hydrogens (tertiary/aromatic N) is 1. The van der Waals surface area contributed by atoms with Gasteiger partial charge < -0.3 is 21.7 Å². The topological polar surface area (TPSA) is 74.5 Å². The number of rotatable bonds is 6. The van der Waals surface area contributed by atoms with Crippen LogP contribution in [-0.4, -0.2) is 32.1 Å². The molecule has 5 nitrogen and oxygen atoms in total. The minimum absolute atomic E-state index is 0.165. The van der Waals surface area contributed by atoms with Crippen LogP contribution in [0.2, 0.25) is 0 Å². The van der Waals surface area contributed by atoms with Gasteiger partial charge >= 0.3 is 12.4 Å². The summed E-state index contributed by atoms with van der Waals surface area (Å²) in [6.45, 7) is 0.852. The highest BCUT2D eigenvalue weighted by Crippen LogP contribution is 2.38. The van der Waals surface area contributed by atoms with E-state index in [2.05, 4.69) is 20.9 Å². The van der Waals surface area contributed by atoms with Crippen molar-refractivity contribution in [3.63, 3.8) is 0 Å². The number of allylic oxidation sites excluding steroid dienone is 2. The fourth-order valence-electron chi connectivity index (χ4n) is 3.35. The van der Waals surface area contributed by atoms with Crippen molar-refractivity contribution in [1.82, 2.24) is 10.6 Å². The lowest BCUT2D eigenvalue weighted by Gasteiger charge is -2.26. The van der Waals surface area contributed by atoms with Crippen molar-refractivity contribution in [3.8, 4) is 0 Å². The van der Waals surface area contributed by atoms with Gasteiger partial charge in [0.05, 0.1) is 23.7 Å². The van der Waals surface area contributed by atoms with Crippen molar-refractivity contribution >= 4 is 17.2 Å². The molecule has 1 atom stereocenters. The first kappa shape index (κ1) is 25.2. The van der Waals surface area contributed by atoms with E-state index in [4.69, 9.17) is 5.73 Å². The van der Waals surface area contributed by atoms with Gasteiger partial charge in [0, 0.05) is 23.5 Å². The van der Waals surface area contributed by atoms with Crippen molar-refractivity contribution in [3.05, 3.63) is 83.1 Å². The summed E-state index contributed by atoms with van der Waals surface area (Å²) in [5.74, 6) is 0.280. The number of benzene rings is 2. The average Bonchev–Trinajstić information content (AvgIpc) is 2.78. The molecule has 182 valence electrons. The Hall–Kier alpha value is -3.47. The number of amidine groups is 1. The number of dihydropyridines is 1. The van der Waals surface area contributed by atoms with Gasteiger partial charge in [-0.1, -0.05) is 12.1 Å². The molecule has 0 bridgehead atoms. The second-order valence-electron chi connectivity index (χ2n) is 7.46. The summed E-state index contributed by atoms with van der Waals surface area (Å²) in [5, 5.41) is 8.59. The van der Waals surface area contributed by atoms with E-state index in [1.165, 1.54) is 42.6 Å². The zero-order valence-electron chi connectivity index (χ0n) is 18.1. The molecular weight excluding hydrogens is 460 g/mol. The van der Waals surface area contributed by atoms with Gasteiger partial charge in [0.1, 0.15) is 5.84 Å². The van der Waals surface area contributed by atoms with Crippen LogP contribution in [-0.2, 0) is 6.18 Å². The van der Waals surface area contributed by atoms with Crippen LogP contribution in [0.4, 0.5) is 37.7 Å². The fourth-order valence-corrected chi connectivity index (χ4v) is 3.35. The first-order chi connectivity index (χ1) is 16.0. The lowest BCUT2D eigenvalue weighted by atomic mass is 9.94. The number of nitrogens with two attached hydrogens (primary N) is 1. The van der Waals surface area contributed by atoms with Crippen molar-refractivity contribution in [1.29, 1.82) is 0 Å². The van der Waals surface area contributed by atoms with Crippen LogP contribution in [0, 0.1) is 0 Å². The van der Waals surface area contributed by atoms with Crippen LogP contribution < -0.4 is 21.7 Å². The van der Waals surface area contributed by atoms with E-state index in [9.17, 15) is 26.3 Å². The normalized spacial score (nSPS) is 16.7. The number of hydrogen-bond acceptors (Lipinski definition) is 4. The van der Waals surface area contributed by atoms with Crippen LogP contribution in [0.3, 0.4) is 0 Å². The molecular formula is C23H23F6N5. The fraction of sp³-hybridized carbons (Fsp3) is 0.261. The van der Waals surface area contributed by atoms with Crippen LogP contribution in [0.15, 0.2) is 71.4 Å². The highest BCUT2D eigenvalue weighted by Gasteiger charge is 2.39. The molecule has 0 radical (unpaired) electrons. The third-order valence-electron chi connectivity index (χ3n) is 5.04. The number of halogens is 6. The summed E-state index contributed by atoms with van der Waals surface area (Å²) >= 11 is 0. The molecule has 0 aromatic heterocycles. The van der Waals surface area contributed by atoms with E-state index in [1.807, 2.05) is 0 Å². The molecule has 3 rings (SSSR count). The SMILES string of the molecule is CNCCN=C(Nc1ccc(C(F)(F)F)cc1)c1ccc(C2NC=CC=C2C(F)(F)F)cc1N. The van der Waals surface area contributed by atoms with Gasteiger partial charge in [0.15, 0.2) is 0 Å². The maximum Gasteiger partial charge on any atom is 0.416 e. The maximum absolute atomic E-state index is 13.4. The molecule has 1 unspecified atom stereocenters. The summed E-state index contributed by atoms with van der Waals surface area (Å²) < 4.78 is 78.8. The number of anilines is 2. The maximum atomic E-state index is 13.4. The average molecular weight is 483 g/mol. The van der Waals surface area contributed by atoms with Crippen molar-refractivity contribution in [2.75, 3.05) is 31.2 Å². The standard InChI is InChI=1S/C23H23F6N5/c1-31-11-12-33-21(34-16-7-5-15(6-8-16)22(24,25)26)17-9-4-14(13-19(17)30)20-18(23(27,28)29)3-2-10-32-20/h2-10,13,20,31-32H,11-12,30H2,1H3,(H,33,34). The molecule has 1 aliphatic heterocycles. The second kappa shape index (κ2) is 10.2. The molecule has 1 aliphatic rings. The zero-order chi connectivity index (χ0) is 24.9. The van der Waals surface area contributed by atoms with Crippen molar-refractivity contribution in [2.24, 2.45) is 4.99 Å². The smallest absolute Gasteiger partial charge is 0.398 e. The summed E-state index contributed by atoms with van der Waals surface area (Å²) in [7, 11) is 1.74. The minimum Gasteiger partial charge on any atom is -0.398 e. The molecule has 0 amide bonds. The highest BCUT2D eigenvalue weighted by molar-refractivity contribution is 6.11. The van der Waals surface area contributed by atoms with E-state index in [1.54, 1.807) is 7.05 Å². The summed E-state index contributed by atoms with van der Waals surface area (Å²) in [6, 6.07) is 7.74. The molecule has 2 aromatic carbocycles. The first-order valence-corrected chi connectivity index (χ1v) is 10.2. The molecule has 0 aliphatic carbocycles. The minimum atomic E-state index is -4.53. The quantitative estimate of drug-likeness (QED) is 0.153. The number of aliphatic imine (C=N–C) groups is 1. The molecule has 0 fully saturated rings. The molecule has 0 saturated heterocycles. The Morgan fingerprint density at radius 3 is 2.32 bits per heavy atom. The van der Waals surface area contributed by atoms with E-state index in [-0.39, 0.29) is 11.5 Å². The van der Waals surface area contributed by atoms with Gasteiger partial charge in [-0.3, -0.25) is 4.99 Å². The predicted molar refractivity (Wildman–Crippen MR) is 120 cm³/mol. The largest absolute Gasteiger partial charge is 0.416 e. The predicted octanol–water partition coefficient (Wildman–Crippen LogP) is 5.01. The Kier molecular flexibility index (Phi) is 7.55. The molecule has 0 spiro atoms. The van der Waals surface area contributed by atoms with Crippen molar-refractivity contribution in [2.45, 2.75) is 18.4 Å². The lowest BCUT2D eigenvalue weighted by Crippen LogP contribution is -2.29. The summed E-state index contributed by atoms with van der Waals surface area (Å²) in [5.41, 5.74) is 5.86. The molecule has 2 aromatic rings. The van der Waals surface area contributed by atoms with Gasteiger partial charge in [-0.25, -0.2) is 0 Å². The molecule has 11 heteroatoms. The number of nitrogens with one attached hydrogen (secondary N) is 3. The Balaban J connectivity index is 1.91. The first-order valence-electron chi connectivity index (χ1n) is 10.2. The Bertz CT molecular complexity index is 1080. The Morgan fingerprint density at radius 2 is 1.74 bits per heavy atom. The second-order valence-corrected chi connectivity index (χ2v) is 7.46. The number of hydrogen-bond donors (Lipinski definition) is 4. The van der Waals surface area contributed by atoms with Gasteiger partial charge in [-0.2, -0.15) is 26.3 Å². The monoisotopic (exact) mass is 483 g/mol. The third-order valence-corrected chi connectivity index (χ3v) is 5.04. The summed E-state index contributed by atoms with van der Waals surface area (Å²) in [4.78, 5) is 4.43. The van der Waals surface area contributed by atoms with Gasteiger partial charge in [0.2, 0.25) is 0 Å². The van der Waals surface area contributed by atoms with Crippen LogP contribution >= 0.6 is 0 Å². The molecule has 1 heterocycles. The Labute approximate surface area is 192 Å². The van der Waals surface area contributed by atoms with E-state index in [0.29, 0.717) is 29.9 Å². The zero-order valence-corrected chi connectivity index (χ0v) is 18.1. The van der Waals surface area contributed by atoms with E-state index in [0.717, 1.165) is 18.2 Å². The molecule has 0 saturated carbocycles. The highest BCUT2D eigenvalue weighted by atomic mass is 19.4. The van der Waals surface area contributed by atoms with E-state index >= 15 is 0 Å². The Morgan fingerprint density at radius 1 is 1.03 bits per heavy atom. The number of nitrogen functional groups attached to an aromatic ring is 1. The molecule has 5 N–H and O–H groups in total. The molecule has 34 heavy (non-hydrogen) atoms. The number of likely N-dealkylation sites (N-methyl/N-ethyl adjacent to an activating group) is 1. The lowest BCUT2D eigenvalue weighted by molar-refractivity contribution is -0.137. The van der Waals surface area contributed by atoms with E-state index < -0.39 is 29.5 Å². The van der Waals surface area contributed by atoms with Gasteiger partial charge in [0.25, 0.3) is 0 Å². The van der Waals surface area contributed by atoms with Crippen molar-refractivity contribution < 1.29 is 26.3 Å².